The molecule has 0 unspecified atom stereocenters. The van der Waals surface area contributed by atoms with Crippen LogP contribution in [0.1, 0.15) is 127 Å². The number of fused-ring (bicyclic) bond motifs is 7. The van der Waals surface area contributed by atoms with Crippen LogP contribution >= 0.6 is 0 Å². The quantitative estimate of drug-likeness (QED) is 0.168. The van der Waals surface area contributed by atoms with Gasteiger partial charge in [0.15, 0.2) is 0 Å². The molecule has 0 aromatic heterocycles. The molecule has 0 radical (unpaired) electrons. The van der Waals surface area contributed by atoms with Crippen molar-refractivity contribution < 1.29 is 38.1 Å². The maximum atomic E-state index is 12.7. The standard InChI is InChI=1S/C38H58O8/c1-23(39)43-21-35(8)29-13-16-36(9)30(34(29,7)15-14-31(35)45-25(3)41)12-11-27-28-19-33(5,6)17-18-38(28,22-44-24(2)40)32(46-26(4)42)20-37(27,36)10/h11,28-32H,12-22H2,1-10H3/t28-,29+,30+,31-,32-,34-,35-,36+,37+,38+/m0/s1. The molecular weight excluding hydrogens is 584 g/mol. The van der Waals surface area contributed by atoms with Crippen molar-refractivity contribution in [1.82, 2.24) is 0 Å². The summed E-state index contributed by atoms with van der Waals surface area (Å²) in [5.41, 5.74) is 0.210. The molecule has 0 saturated heterocycles. The van der Waals surface area contributed by atoms with Gasteiger partial charge in [-0.15, -0.1) is 0 Å². The smallest absolute Gasteiger partial charge is 0.302 e. The largest absolute Gasteiger partial charge is 0.465 e. The average molecular weight is 643 g/mol. The Kier molecular flexibility index (Phi) is 8.85. The van der Waals surface area contributed by atoms with Crippen LogP contribution < -0.4 is 0 Å². The predicted molar refractivity (Wildman–Crippen MR) is 173 cm³/mol. The summed E-state index contributed by atoms with van der Waals surface area (Å²) in [6.07, 6.45) is 9.82. The van der Waals surface area contributed by atoms with Crippen LogP contribution in [0.4, 0.5) is 0 Å². The molecule has 8 heteroatoms. The van der Waals surface area contributed by atoms with Crippen LogP contribution in [0, 0.1) is 50.2 Å². The Labute approximate surface area is 276 Å². The second kappa shape index (κ2) is 11.6. The Morgan fingerprint density at radius 1 is 0.696 bits per heavy atom. The van der Waals surface area contributed by atoms with Gasteiger partial charge >= 0.3 is 23.9 Å². The first-order valence-electron chi connectivity index (χ1n) is 17.6. The first-order valence-corrected chi connectivity index (χ1v) is 17.6. The first-order chi connectivity index (χ1) is 21.2. The lowest BCUT2D eigenvalue weighted by Gasteiger charge is -2.72. The highest BCUT2D eigenvalue weighted by molar-refractivity contribution is 5.67. The molecule has 0 N–H and O–H groups in total. The van der Waals surface area contributed by atoms with E-state index in [1.165, 1.54) is 33.3 Å². The number of hydrogen-bond donors (Lipinski definition) is 0. The molecule has 46 heavy (non-hydrogen) atoms. The van der Waals surface area contributed by atoms with E-state index in [-0.39, 0.29) is 82.8 Å². The average Bonchev–Trinajstić information content (AvgIpc) is 2.93. The molecule has 0 aromatic rings. The summed E-state index contributed by atoms with van der Waals surface area (Å²) in [5.74, 6) is -0.547. The molecule has 0 aliphatic heterocycles. The van der Waals surface area contributed by atoms with E-state index in [0.29, 0.717) is 12.3 Å². The second-order valence-corrected chi connectivity index (χ2v) is 17.5. The summed E-state index contributed by atoms with van der Waals surface area (Å²) >= 11 is 0. The minimum Gasteiger partial charge on any atom is -0.465 e. The highest BCUT2D eigenvalue weighted by Crippen LogP contribution is 2.76. The lowest BCUT2D eigenvalue weighted by Crippen LogP contribution is -2.68. The lowest BCUT2D eigenvalue weighted by atomic mass is 9.33. The number of hydrogen-bond acceptors (Lipinski definition) is 8. The number of carbonyl (C=O) groups excluding carboxylic acids is 4. The lowest BCUT2D eigenvalue weighted by molar-refractivity contribution is -0.236. The molecule has 4 saturated carbocycles. The van der Waals surface area contributed by atoms with Gasteiger partial charge in [0.2, 0.25) is 0 Å². The Morgan fingerprint density at radius 3 is 1.91 bits per heavy atom. The highest BCUT2D eigenvalue weighted by Gasteiger charge is 2.71. The molecule has 0 heterocycles. The van der Waals surface area contributed by atoms with E-state index in [4.69, 9.17) is 18.9 Å². The molecule has 0 amide bonds. The zero-order valence-corrected chi connectivity index (χ0v) is 30.0. The second-order valence-electron chi connectivity index (χ2n) is 17.5. The molecule has 4 fully saturated rings. The molecule has 5 aliphatic rings. The Bertz CT molecular complexity index is 1300. The van der Waals surface area contributed by atoms with Crippen molar-refractivity contribution in [1.29, 1.82) is 0 Å². The zero-order chi connectivity index (χ0) is 34.1. The third-order valence-electron chi connectivity index (χ3n) is 14.3. The molecule has 8 nitrogen and oxygen atoms in total. The molecule has 10 atom stereocenters. The van der Waals surface area contributed by atoms with Gasteiger partial charge in [-0.05, 0) is 97.2 Å². The van der Waals surface area contributed by atoms with Gasteiger partial charge in [-0.3, -0.25) is 19.2 Å². The van der Waals surface area contributed by atoms with Gasteiger partial charge < -0.3 is 18.9 Å². The molecule has 0 aromatic carbocycles. The number of carbonyl (C=O) groups is 4. The van der Waals surface area contributed by atoms with Gasteiger partial charge in [0.1, 0.15) is 25.4 Å². The molecule has 0 spiro atoms. The minimum atomic E-state index is -0.504. The summed E-state index contributed by atoms with van der Waals surface area (Å²) in [7, 11) is 0. The fraction of sp³-hybridized carbons (Fsp3) is 0.842. The van der Waals surface area contributed by atoms with Crippen molar-refractivity contribution in [2.45, 2.75) is 139 Å². The van der Waals surface area contributed by atoms with Gasteiger partial charge in [0.05, 0.1) is 0 Å². The fourth-order valence-corrected chi connectivity index (χ4v) is 11.9. The van der Waals surface area contributed by atoms with Crippen LogP contribution in [0.3, 0.4) is 0 Å². The Hall–Kier alpha value is -2.38. The third kappa shape index (κ3) is 5.41. The fourth-order valence-electron chi connectivity index (χ4n) is 11.9. The summed E-state index contributed by atoms with van der Waals surface area (Å²) in [6, 6.07) is 0. The number of allylic oxidation sites excluding steroid dienone is 2. The van der Waals surface area contributed by atoms with Crippen LogP contribution in [0.5, 0.6) is 0 Å². The van der Waals surface area contributed by atoms with Gasteiger partial charge in [0, 0.05) is 38.5 Å². The van der Waals surface area contributed by atoms with E-state index in [1.54, 1.807) is 0 Å². The van der Waals surface area contributed by atoms with Crippen molar-refractivity contribution >= 4 is 23.9 Å². The summed E-state index contributed by atoms with van der Waals surface area (Å²) in [4.78, 5) is 49.2. The van der Waals surface area contributed by atoms with Crippen molar-refractivity contribution in [3.63, 3.8) is 0 Å². The van der Waals surface area contributed by atoms with E-state index in [0.717, 1.165) is 51.4 Å². The number of ether oxygens (including phenoxy) is 4. The van der Waals surface area contributed by atoms with Crippen LogP contribution in [-0.4, -0.2) is 49.3 Å². The normalized spacial score (nSPS) is 44.1. The molecule has 5 aliphatic carbocycles. The number of esters is 4. The molecule has 258 valence electrons. The summed E-state index contributed by atoms with van der Waals surface area (Å²) in [5, 5.41) is 0. The van der Waals surface area contributed by atoms with Gasteiger partial charge in [-0.1, -0.05) is 53.2 Å². The predicted octanol–water partition coefficient (Wildman–Crippen LogP) is 7.37. The van der Waals surface area contributed by atoms with E-state index in [9.17, 15) is 19.2 Å². The monoisotopic (exact) mass is 642 g/mol. The molecule has 5 rings (SSSR count). The van der Waals surface area contributed by atoms with E-state index >= 15 is 0 Å². The van der Waals surface area contributed by atoms with Gasteiger partial charge in [0.25, 0.3) is 0 Å². The van der Waals surface area contributed by atoms with Crippen molar-refractivity contribution in [2.24, 2.45) is 50.2 Å². The summed E-state index contributed by atoms with van der Waals surface area (Å²) in [6.45, 7) is 20.5. The van der Waals surface area contributed by atoms with E-state index in [2.05, 4.69) is 47.6 Å². The molecule has 0 bridgehead atoms. The Balaban J connectivity index is 1.61. The number of rotatable bonds is 6. The SMILES string of the molecule is CC(=O)OC[C@@]1(C)[C@@H]2CC[C@]3(C)[C@H](CC=C4[C@@H]5CC(C)(C)CC[C@]5(COC(C)=O)[C@@H](OC(C)=O)C[C@]43C)[C@@]2(C)CC[C@@H]1OC(C)=O. The van der Waals surface area contributed by atoms with E-state index < -0.39 is 10.8 Å². The topological polar surface area (TPSA) is 105 Å². The van der Waals surface area contributed by atoms with Gasteiger partial charge in [-0.25, -0.2) is 0 Å². The van der Waals surface area contributed by atoms with Crippen LogP contribution in [-0.2, 0) is 38.1 Å². The zero-order valence-electron chi connectivity index (χ0n) is 30.0. The maximum absolute atomic E-state index is 12.7. The van der Waals surface area contributed by atoms with Crippen LogP contribution in [0.2, 0.25) is 0 Å². The maximum Gasteiger partial charge on any atom is 0.302 e. The Morgan fingerprint density at radius 2 is 1.30 bits per heavy atom. The van der Waals surface area contributed by atoms with Crippen LogP contribution in [0.25, 0.3) is 0 Å². The highest BCUT2D eigenvalue weighted by atomic mass is 16.6. The summed E-state index contributed by atoms with van der Waals surface area (Å²) < 4.78 is 23.8. The van der Waals surface area contributed by atoms with Crippen molar-refractivity contribution in [3.05, 3.63) is 11.6 Å². The van der Waals surface area contributed by atoms with Gasteiger partial charge in [-0.2, -0.15) is 0 Å². The first kappa shape index (κ1) is 34.9. The third-order valence-corrected chi connectivity index (χ3v) is 14.3. The van der Waals surface area contributed by atoms with Crippen molar-refractivity contribution in [2.75, 3.05) is 13.2 Å². The molecular formula is C38H58O8. The van der Waals surface area contributed by atoms with Crippen molar-refractivity contribution in [3.8, 4) is 0 Å². The van der Waals surface area contributed by atoms with E-state index in [1.807, 2.05) is 0 Å². The minimum absolute atomic E-state index is 0.0847. The van der Waals surface area contributed by atoms with Crippen LogP contribution in [0.15, 0.2) is 11.6 Å².